The number of aromatic nitrogens is 2. The van der Waals surface area contributed by atoms with E-state index in [0.29, 0.717) is 35.4 Å². The van der Waals surface area contributed by atoms with Crippen LogP contribution in [0.1, 0.15) is 49.7 Å². The Balaban J connectivity index is 0.00000456. The zero-order valence-corrected chi connectivity index (χ0v) is 24.9. The van der Waals surface area contributed by atoms with Crippen LogP contribution < -0.4 is 50.2 Å². The van der Waals surface area contributed by atoms with Gasteiger partial charge in [0.1, 0.15) is 5.69 Å². The van der Waals surface area contributed by atoms with E-state index in [4.69, 9.17) is 32.7 Å². The zero-order valence-electron chi connectivity index (χ0n) is 20.6. The van der Waals surface area contributed by atoms with Crippen molar-refractivity contribution >= 4 is 57.5 Å². The van der Waals surface area contributed by atoms with Crippen molar-refractivity contribution in [3.05, 3.63) is 32.0 Å². The van der Waals surface area contributed by atoms with Crippen LogP contribution >= 0.6 is 34.5 Å². The van der Waals surface area contributed by atoms with Crippen LogP contribution in [-0.2, 0) is 9.47 Å². The van der Waals surface area contributed by atoms with Crippen LogP contribution in [0.25, 0.3) is 0 Å². The third-order valence-corrected chi connectivity index (χ3v) is 7.58. The first kappa shape index (κ1) is 30.8. The quantitative estimate of drug-likeness (QED) is 0.301. The monoisotopic (exact) mass is 569 g/mol. The first-order valence-corrected chi connectivity index (χ1v) is 12.3. The molecule has 2 aromatic heterocycles. The maximum Gasteiger partial charge on any atom is 1.00 e. The molecule has 3 atom stereocenters. The molecule has 15 heteroatoms. The minimum atomic E-state index is -1.49. The van der Waals surface area contributed by atoms with Crippen LogP contribution in [0, 0.1) is 6.92 Å². The molecule has 2 amide bonds. The van der Waals surface area contributed by atoms with Gasteiger partial charge >= 0.3 is 29.6 Å². The van der Waals surface area contributed by atoms with Gasteiger partial charge in [0.2, 0.25) is 0 Å². The summed E-state index contributed by atoms with van der Waals surface area (Å²) in [7, 11) is 3.01. The number of carboxylic acids is 1. The van der Waals surface area contributed by atoms with Gasteiger partial charge in [0.15, 0.2) is 10.8 Å². The summed E-state index contributed by atoms with van der Waals surface area (Å²) in [4.78, 5) is 45.7. The van der Waals surface area contributed by atoms with Gasteiger partial charge in [-0.1, -0.05) is 34.5 Å². The fourth-order valence-corrected chi connectivity index (χ4v) is 5.13. The van der Waals surface area contributed by atoms with Crippen molar-refractivity contribution in [1.29, 1.82) is 0 Å². The fraction of sp³-hybridized carbons (Fsp3) is 0.524. The molecule has 11 nitrogen and oxygen atoms in total. The standard InChI is InChI=1S/C21H27Cl2N5O6S.Na/c1-9(8-33-3)24-19(30)16-17(20(31)32)35-21(27-16)28-6-5-11(12(7-28)34-4)26-18(29)15-14(23)13(22)10(2)25-15;/h9,11-12,25H,5-8H2,1-4H3,(H,24,30)(H,26,29)(H,31,32);/q;+1/p-1/t9-,11+,12-;/m0./s1. The number of rotatable bonds is 9. The van der Waals surface area contributed by atoms with Crippen LogP contribution in [0.5, 0.6) is 0 Å². The molecule has 1 fully saturated rings. The number of ether oxygens (including phenoxy) is 2. The molecule has 0 bridgehead atoms. The SMILES string of the molecule is COC[C@H](C)NC(=O)c1nc(N2CC[C@@H](NC(=O)c3[nH]c(C)c(Cl)c3Cl)[C@@H](OC)C2)sc1C(=O)[O-].[Na+]. The molecule has 36 heavy (non-hydrogen) atoms. The smallest absolute Gasteiger partial charge is 0.544 e. The molecule has 3 N–H and O–H groups in total. The van der Waals surface area contributed by atoms with E-state index in [-0.39, 0.29) is 69.5 Å². The second-order valence-corrected chi connectivity index (χ2v) is 9.87. The number of carboxylic acid groups (broad SMARTS) is 1. The van der Waals surface area contributed by atoms with E-state index in [0.717, 1.165) is 11.3 Å². The summed E-state index contributed by atoms with van der Waals surface area (Å²) in [6, 6.07) is -0.684. The summed E-state index contributed by atoms with van der Waals surface area (Å²) in [6.45, 7) is 4.44. The van der Waals surface area contributed by atoms with Gasteiger partial charge in [-0.3, -0.25) is 9.59 Å². The number of aryl methyl sites for hydroxylation is 1. The number of H-pyrrole nitrogens is 1. The number of hydrogen-bond donors (Lipinski definition) is 3. The molecule has 3 heterocycles. The predicted molar refractivity (Wildman–Crippen MR) is 130 cm³/mol. The van der Waals surface area contributed by atoms with Crippen LogP contribution in [0.3, 0.4) is 0 Å². The number of hydrogen-bond acceptors (Lipinski definition) is 9. The van der Waals surface area contributed by atoms with Crippen molar-refractivity contribution in [3.8, 4) is 0 Å². The summed E-state index contributed by atoms with van der Waals surface area (Å²) in [5.41, 5.74) is 0.540. The Morgan fingerprint density at radius 3 is 2.53 bits per heavy atom. The molecule has 1 aliphatic heterocycles. The minimum absolute atomic E-state index is 0. The zero-order chi connectivity index (χ0) is 25.9. The van der Waals surface area contributed by atoms with Gasteiger partial charge in [-0.25, -0.2) is 4.98 Å². The summed E-state index contributed by atoms with van der Waals surface area (Å²) in [5, 5.41) is 18.0. The summed E-state index contributed by atoms with van der Waals surface area (Å²) in [6.07, 6.45) is 0.0365. The number of piperidine rings is 1. The second kappa shape index (κ2) is 13.4. The number of thiazole rings is 1. The van der Waals surface area contributed by atoms with E-state index in [1.807, 2.05) is 4.90 Å². The molecule has 192 valence electrons. The average molecular weight is 570 g/mol. The maximum atomic E-state index is 12.8. The first-order chi connectivity index (χ1) is 16.6. The predicted octanol–water partition coefficient (Wildman–Crippen LogP) is -1.76. The number of methoxy groups -OCH3 is 2. The third kappa shape index (κ3) is 6.93. The van der Waals surface area contributed by atoms with Crippen molar-refractivity contribution in [2.45, 2.75) is 38.5 Å². The van der Waals surface area contributed by atoms with Crippen LogP contribution in [0.4, 0.5) is 5.13 Å². The molecule has 1 aliphatic rings. The number of amides is 2. The van der Waals surface area contributed by atoms with Gasteiger partial charge in [0, 0.05) is 39.0 Å². The van der Waals surface area contributed by atoms with E-state index in [1.165, 1.54) is 14.2 Å². The number of nitrogens with zero attached hydrogens (tertiary/aromatic N) is 2. The van der Waals surface area contributed by atoms with Crippen LogP contribution in [0.2, 0.25) is 10.0 Å². The Bertz CT molecular complexity index is 1110. The number of anilines is 1. The molecule has 0 saturated carbocycles. The molecule has 0 unspecified atom stereocenters. The Morgan fingerprint density at radius 2 is 1.97 bits per heavy atom. The topological polar surface area (TPSA) is 149 Å². The van der Waals surface area contributed by atoms with Crippen molar-refractivity contribution in [2.24, 2.45) is 0 Å². The fourth-order valence-electron chi connectivity index (χ4n) is 3.78. The number of nitrogens with one attached hydrogen (secondary N) is 3. The number of halogens is 2. The summed E-state index contributed by atoms with van der Waals surface area (Å²) < 4.78 is 10.6. The Hall–Kier alpha value is -1.38. The molecule has 0 aromatic carbocycles. The second-order valence-electron chi connectivity index (χ2n) is 8.13. The Morgan fingerprint density at radius 1 is 1.28 bits per heavy atom. The molecule has 0 aliphatic carbocycles. The molecule has 2 aromatic rings. The van der Waals surface area contributed by atoms with E-state index < -0.39 is 23.9 Å². The van der Waals surface area contributed by atoms with Crippen molar-refractivity contribution < 1.29 is 58.5 Å². The maximum absolute atomic E-state index is 12.8. The molecular formula is C21H26Cl2N5NaO6S. The van der Waals surface area contributed by atoms with Crippen LogP contribution in [0.15, 0.2) is 0 Å². The summed E-state index contributed by atoms with van der Waals surface area (Å²) >= 11 is 13.1. The number of aromatic carboxylic acids is 1. The van der Waals surface area contributed by atoms with Crippen molar-refractivity contribution in [2.75, 3.05) is 38.8 Å². The van der Waals surface area contributed by atoms with Crippen molar-refractivity contribution in [3.63, 3.8) is 0 Å². The average Bonchev–Trinajstić information content (AvgIpc) is 3.37. The number of carbonyl (C=O) groups is 3. The van der Waals surface area contributed by atoms with Crippen LogP contribution in [-0.4, -0.2) is 79.9 Å². The first-order valence-electron chi connectivity index (χ1n) is 10.7. The summed E-state index contributed by atoms with van der Waals surface area (Å²) in [5.74, 6) is -2.53. The van der Waals surface area contributed by atoms with Gasteiger partial charge in [-0.2, -0.15) is 0 Å². The van der Waals surface area contributed by atoms with Gasteiger partial charge in [-0.15, -0.1) is 0 Å². The largest absolute Gasteiger partial charge is 1.00 e. The van der Waals surface area contributed by atoms with E-state index in [2.05, 4.69) is 20.6 Å². The molecule has 0 radical (unpaired) electrons. The van der Waals surface area contributed by atoms with E-state index in [9.17, 15) is 19.5 Å². The van der Waals surface area contributed by atoms with Gasteiger partial charge < -0.3 is 39.9 Å². The molecule has 0 spiro atoms. The number of aromatic amines is 1. The van der Waals surface area contributed by atoms with Gasteiger partial charge in [0.25, 0.3) is 11.8 Å². The van der Waals surface area contributed by atoms with Crippen molar-refractivity contribution in [1.82, 2.24) is 20.6 Å². The normalized spacial score (nSPS) is 18.3. The Labute approximate surface area is 244 Å². The van der Waals surface area contributed by atoms with Gasteiger partial charge in [-0.05, 0) is 20.3 Å². The molecule has 3 rings (SSSR count). The molecule has 1 saturated heterocycles. The minimum Gasteiger partial charge on any atom is -0.544 e. The van der Waals surface area contributed by atoms with Gasteiger partial charge in [0.05, 0.1) is 39.6 Å². The van der Waals surface area contributed by atoms with E-state index >= 15 is 0 Å². The Kier molecular flexibility index (Phi) is 11.5. The third-order valence-electron chi connectivity index (χ3n) is 5.54. The molecular weight excluding hydrogens is 544 g/mol. The van der Waals surface area contributed by atoms with E-state index in [1.54, 1.807) is 13.8 Å². The number of carbonyl (C=O) groups excluding carboxylic acids is 3.